The normalized spacial score (nSPS) is 17.4. The topological polar surface area (TPSA) is 89.2 Å². The molecule has 2 heterocycles. The molecular weight excluding hydrogens is 316 g/mol. The second-order valence-electron chi connectivity index (χ2n) is 6.52. The minimum absolute atomic E-state index is 0.0777. The van der Waals surface area contributed by atoms with Crippen LogP contribution in [0.25, 0.3) is 11.3 Å². The van der Waals surface area contributed by atoms with Crippen LogP contribution < -0.4 is 5.73 Å². The molecule has 6 heteroatoms. The molecule has 0 spiro atoms. The molecule has 0 radical (unpaired) electrons. The molecule has 130 valence electrons. The van der Waals surface area contributed by atoms with Crippen molar-refractivity contribution in [2.24, 2.45) is 11.7 Å². The number of benzene rings is 1. The van der Waals surface area contributed by atoms with Crippen molar-refractivity contribution < 1.29 is 9.59 Å². The van der Waals surface area contributed by atoms with Crippen LogP contribution in [0.4, 0.5) is 0 Å². The molecule has 0 aliphatic carbocycles. The molecule has 3 rings (SSSR count). The number of hydrogen-bond acceptors (Lipinski definition) is 4. The molecule has 6 nitrogen and oxygen atoms in total. The van der Waals surface area contributed by atoms with E-state index in [4.69, 9.17) is 5.73 Å². The first-order valence-electron chi connectivity index (χ1n) is 8.45. The van der Waals surface area contributed by atoms with Crippen LogP contribution >= 0.6 is 0 Å². The Hall–Kier alpha value is -2.76. The van der Waals surface area contributed by atoms with E-state index in [2.05, 4.69) is 9.97 Å². The zero-order chi connectivity index (χ0) is 18.0. The molecule has 1 aromatic carbocycles. The lowest BCUT2D eigenvalue weighted by molar-refractivity contribution is -0.123. The van der Waals surface area contributed by atoms with Gasteiger partial charge in [0.25, 0.3) is 5.91 Å². The number of aryl methyl sites for hydroxylation is 2. The average Bonchev–Trinajstić information content (AvgIpc) is 2.63. The second kappa shape index (κ2) is 7.01. The van der Waals surface area contributed by atoms with Crippen molar-refractivity contribution in [3.05, 3.63) is 47.4 Å². The maximum atomic E-state index is 12.8. The van der Waals surface area contributed by atoms with Crippen LogP contribution in [-0.2, 0) is 4.79 Å². The Morgan fingerprint density at radius 3 is 2.84 bits per heavy atom. The summed E-state index contributed by atoms with van der Waals surface area (Å²) in [4.78, 5) is 34.9. The van der Waals surface area contributed by atoms with Gasteiger partial charge in [-0.1, -0.05) is 12.1 Å². The van der Waals surface area contributed by atoms with Gasteiger partial charge in [-0.2, -0.15) is 0 Å². The van der Waals surface area contributed by atoms with E-state index in [-0.39, 0.29) is 17.7 Å². The first kappa shape index (κ1) is 17.1. The molecule has 1 unspecified atom stereocenters. The molecule has 25 heavy (non-hydrogen) atoms. The van der Waals surface area contributed by atoms with E-state index >= 15 is 0 Å². The van der Waals surface area contributed by atoms with Gasteiger partial charge in [-0.25, -0.2) is 4.98 Å². The minimum Gasteiger partial charge on any atom is -0.369 e. The van der Waals surface area contributed by atoms with Crippen LogP contribution in [0.2, 0.25) is 0 Å². The number of hydrogen-bond donors (Lipinski definition) is 1. The molecule has 1 aliphatic rings. The molecule has 1 atom stereocenters. The lowest BCUT2D eigenvalue weighted by atomic mass is 9.96. The summed E-state index contributed by atoms with van der Waals surface area (Å²) in [5.74, 6) is -0.672. The summed E-state index contributed by atoms with van der Waals surface area (Å²) in [7, 11) is 0. The van der Waals surface area contributed by atoms with Gasteiger partial charge in [0, 0.05) is 30.4 Å². The van der Waals surface area contributed by atoms with Gasteiger partial charge >= 0.3 is 0 Å². The highest BCUT2D eigenvalue weighted by atomic mass is 16.2. The number of rotatable bonds is 3. The SMILES string of the molecule is Cc1cnc(C)c(-c2cccc(C(=O)N3CCCC(C(N)=O)C3)c2)n1. The zero-order valence-corrected chi connectivity index (χ0v) is 14.5. The third-order valence-electron chi connectivity index (χ3n) is 4.57. The molecule has 1 aliphatic heterocycles. The third kappa shape index (κ3) is 3.68. The standard InChI is InChI=1S/C19H22N4O2/c1-12-10-21-13(2)17(22-12)14-5-3-6-15(9-14)19(25)23-8-4-7-16(11-23)18(20)24/h3,5-6,9-10,16H,4,7-8,11H2,1-2H3,(H2,20,24). The first-order chi connectivity index (χ1) is 12.0. The molecular formula is C19H22N4O2. The Morgan fingerprint density at radius 1 is 1.28 bits per heavy atom. The molecule has 1 aromatic heterocycles. The van der Waals surface area contributed by atoms with Crippen molar-refractivity contribution in [3.63, 3.8) is 0 Å². The number of amides is 2. The van der Waals surface area contributed by atoms with Gasteiger partial charge in [-0.3, -0.25) is 14.6 Å². The highest BCUT2D eigenvalue weighted by Gasteiger charge is 2.27. The van der Waals surface area contributed by atoms with Crippen LogP contribution in [0.1, 0.15) is 34.6 Å². The summed E-state index contributed by atoms with van der Waals surface area (Å²) < 4.78 is 0. The Kier molecular flexibility index (Phi) is 4.79. The number of piperidine rings is 1. The van der Waals surface area contributed by atoms with Crippen LogP contribution in [-0.4, -0.2) is 39.8 Å². The van der Waals surface area contributed by atoms with Gasteiger partial charge in [0.2, 0.25) is 5.91 Å². The number of carbonyl (C=O) groups excluding carboxylic acids is 2. The van der Waals surface area contributed by atoms with Crippen LogP contribution in [0, 0.1) is 19.8 Å². The van der Waals surface area contributed by atoms with Crippen molar-refractivity contribution in [1.29, 1.82) is 0 Å². The summed E-state index contributed by atoms with van der Waals surface area (Å²) in [6.07, 6.45) is 3.27. The number of carbonyl (C=O) groups is 2. The summed E-state index contributed by atoms with van der Waals surface area (Å²) in [5.41, 5.74) is 9.29. The average molecular weight is 338 g/mol. The van der Waals surface area contributed by atoms with Crippen LogP contribution in [0.3, 0.4) is 0 Å². The van der Waals surface area contributed by atoms with E-state index < -0.39 is 0 Å². The van der Waals surface area contributed by atoms with E-state index in [9.17, 15) is 9.59 Å². The van der Waals surface area contributed by atoms with Gasteiger partial charge in [0.1, 0.15) is 0 Å². The fourth-order valence-electron chi connectivity index (χ4n) is 3.19. The Labute approximate surface area is 147 Å². The smallest absolute Gasteiger partial charge is 0.253 e. The van der Waals surface area contributed by atoms with Crippen molar-refractivity contribution >= 4 is 11.8 Å². The lowest BCUT2D eigenvalue weighted by Gasteiger charge is -2.31. The molecule has 2 amide bonds. The third-order valence-corrected chi connectivity index (χ3v) is 4.57. The van der Waals surface area contributed by atoms with Crippen molar-refractivity contribution in [2.45, 2.75) is 26.7 Å². The van der Waals surface area contributed by atoms with E-state index in [0.29, 0.717) is 18.7 Å². The quantitative estimate of drug-likeness (QED) is 0.928. The van der Waals surface area contributed by atoms with Crippen molar-refractivity contribution in [2.75, 3.05) is 13.1 Å². The maximum absolute atomic E-state index is 12.8. The van der Waals surface area contributed by atoms with Crippen molar-refractivity contribution in [3.8, 4) is 11.3 Å². The molecule has 1 fully saturated rings. The number of nitrogens with zero attached hydrogens (tertiary/aromatic N) is 3. The number of aromatic nitrogens is 2. The summed E-state index contributed by atoms with van der Waals surface area (Å²) in [6, 6.07) is 7.40. The van der Waals surface area contributed by atoms with Gasteiger partial charge in [-0.15, -0.1) is 0 Å². The summed E-state index contributed by atoms with van der Waals surface area (Å²) in [6.45, 7) is 4.83. The van der Waals surface area contributed by atoms with E-state index in [1.165, 1.54) is 0 Å². The highest BCUT2D eigenvalue weighted by molar-refractivity contribution is 5.95. The molecule has 2 N–H and O–H groups in total. The van der Waals surface area contributed by atoms with Gasteiger partial charge in [0.05, 0.1) is 23.0 Å². The number of nitrogens with two attached hydrogens (primary N) is 1. The van der Waals surface area contributed by atoms with Crippen LogP contribution in [0.5, 0.6) is 0 Å². The number of primary amides is 1. The monoisotopic (exact) mass is 338 g/mol. The fraction of sp³-hybridized carbons (Fsp3) is 0.368. The predicted octanol–water partition coefficient (Wildman–Crippen LogP) is 2.10. The first-order valence-corrected chi connectivity index (χ1v) is 8.45. The summed E-state index contributed by atoms with van der Waals surface area (Å²) >= 11 is 0. The summed E-state index contributed by atoms with van der Waals surface area (Å²) in [5, 5.41) is 0. The van der Waals surface area contributed by atoms with Gasteiger partial charge < -0.3 is 10.6 Å². The fourth-order valence-corrected chi connectivity index (χ4v) is 3.19. The van der Waals surface area contributed by atoms with Gasteiger partial charge in [0.15, 0.2) is 0 Å². The van der Waals surface area contributed by atoms with Crippen molar-refractivity contribution in [1.82, 2.24) is 14.9 Å². The minimum atomic E-state index is -0.336. The Morgan fingerprint density at radius 2 is 2.08 bits per heavy atom. The van der Waals surface area contributed by atoms with E-state index in [1.807, 2.05) is 32.0 Å². The second-order valence-corrected chi connectivity index (χ2v) is 6.52. The Bertz CT molecular complexity index is 819. The van der Waals surface area contributed by atoms with Crippen LogP contribution in [0.15, 0.2) is 30.5 Å². The van der Waals surface area contributed by atoms with E-state index in [1.54, 1.807) is 17.2 Å². The molecule has 1 saturated heterocycles. The van der Waals surface area contributed by atoms with E-state index in [0.717, 1.165) is 35.5 Å². The molecule has 2 aromatic rings. The Balaban J connectivity index is 1.87. The highest BCUT2D eigenvalue weighted by Crippen LogP contribution is 2.23. The lowest BCUT2D eigenvalue weighted by Crippen LogP contribution is -2.44. The number of likely N-dealkylation sites (tertiary alicyclic amines) is 1. The van der Waals surface area contributed by atoms with Gasteiger partial charge in [-0.05, 0) is 38.8 Å². The zero-order valence-electron chi connectivity index (χ0n) is 14.5. The molecule has 0 bridgehead atoms. The largest absolute Gasteiger partial charge is 0.369 e. The predicted molar refractivity (Wildman–Crippen MR) is 94.8 cm³/mol. The maximum Gasteiger partial charge on any atom is 0.253 e. The molecule has 0 saturated carbocycles.